The van der Waals surface area contributed by atoms with Crippen molar-refractivity contribution < 1.29 is 9.53 Å². The second-order valence-electron chi connectivity index (χ2n) is 5.25. The van der Waals surface area contributed by atoms with Crippen LogP contribution < -0.4 is 4.74 Å². The molecule has 0 saturated heterocycles. The zero-order chi connectivity index (χ0) is 16.9. The van der Waals surface area contributed by atoms with Gasteiger partial charge in [-0.3, -0.25) is 4.79 Å². The number of benzene rings is 3. The van der Waals surface area contributed by atoms with E-state index in [1.165, 1.54) is 16.8 Å². The van der Waals surface area contributed by atoms with Crippen molar-refractivity contribution in [2.24, 2.45) is 0 Å². The summed E-state index contributed by atoms with van der Waals surface area (Å²) in [7, 11) is 0. The van der Waals surface area contributed by atoms with Crippen LogP contribution in [0.4, 0.5) is 0 Å². The van der Waals surface area contributed by atoms with E-state index in [1.54, 1.807) is 6.08 Å². The number of fused-ring (bicyclic) bond motifs is 1. The minimum Gasteiger partial charge on any atom is -0.488 e. The number of carbonyl (C=O) groups excluding carboxylic acids is 1. The van der Waals surface area contributed by atoms with Gasteiger partial charge < -0.3 is 4.74 Å². The van der Waals surface area contributed by atoms with E-state index in [0.717, 1.165) is 21.3 Å². The number of rotatable bonds is 5. The van der Waals surface area contributed by atoms with E-state index in [4.69, 9.17) is 16.3 Å². The van der Waals surface area contributed by atoms with Crippen LogP contribution in [0.1, 0.15) is 11.1 Å². The van der Waals surface area contributed by atoms with Crippen LogP contribution in [0, 0.1) is 0 Å². The molecule has 0 unspecified atom stereocenters. The summed E-state index contributed by atoms with van der Waals surface area (Å²) in [5.74, 6) is 0.747. The molecule has 0 N–H and O–H groups in total. The fourth-order valence-electron chi connectivity index (χ4n) is 2.47. The van der Waals surface area contributed by atoms with Gasteiger partial charge in [-0.1, -0.05) is 54.6 Å². The molecule has 0 atom stereocenters. The minimum atomic E-state index is -0.498. The average molecular weight is 402 g/mol. The van der Waals surface area contributed by atoms with Crippen LogP contribution in [0.5, 0.6) is 5.75 Å². The highest BCUT2D eigenvalue weighted by Crippen LogP contribution is 2.28. The lowest BCUT2D eigenvalue weighted by Crippen LogP contribution is -1.97. The molecule has 0 amide bonds. The molecule has 0 aliphatic carbocycles. The summed E-state index contributed by atoms with van der Waals surface area (Å²) in [6.45, 7) is 0.481. The van der Waals surface area contributed by atoms with E-state index in [9.17, 15) is 4.79 Å². The number of halogens is 2. The molecule has 24 heavy (non-hydrogen) atoms. The monoisotopic (exact) mass is 400 g/mol. The van der Waals surface area contributed by atoms with Crippen LogP contribution in [0.2, 0.25) is 0 Å². The van der Waals surface area contributed by atoms with E-state index >= 15 is 0 Å². The maximum Gasteiger partial charge on any atom is 0.245 e. The summed E-state index contributed by atoms with van der Waals surface area (Å²) in [6.07, 6.45) is 2.98. The quantitative estimate of drug-likeness (QED) is 0.389. The third-order valence-corrected chi connectivity index (χ3v) is 4.37. The van der Waals surface area contributed by atoms with E-state index in [2.05, 4.69) is 40.2 Å². The molecule has 0 fully saturated rings. The first kappa shape index (κ1) is 16.7. The zero-order valence-electron chi connectivity index (χ0n) is 12.7. The van der Waals surface area contributed by atoms with Gasteiger partial charge in [0.1, 0.15) is 12.4 Å². The Hall–Kier alpha value is -2.10. The van der Waals surface area contributed by atoms with Crippen molar-refractivity contribution in [3.63, 3.8) is 0 Å². The molecule has 2 nitrogen and oxygen atoms in total. The minimum absolute atomic E-state index is 0.481. The maximum atomic E-state index is 10.8. The van der Waals surface area contributed by atoms with Crippen LogP contribution in [-0.4, -0.2) is 5.24 Å². The first-order chi connectivity index (χ1) is 11.6. The lowest BCUT2D eigenvalue weighted by Gasteiger charge is -2.11. The number of ether oxygens (including phenoxy) is 1. The lowest BCUT2D eigenvalue weighted by molar-refractivity contribution is -0.107. The Morgan fingerprint density at radius 1 is 1.08 bits per heavy atom. The van der Waals surface area contributed by atoms with Gasteiger partial charge in [0.15, 0.2) is 0 Å². The van der Waals surface area contributed by atoms with Gasteiger partial charge in [0, 0.05) is 0 Å². The van der Waals surface area contributed by atoms with Crippen LogP contribution in [0.25, 0.3) is 16.8 Å². The topological polar surface area (TPSA) is 26.3 Å². The number of hydrogen-bond acceptors (Lipinski definition) is 2. The van der Waals surface area contributed by atoms with Gasteiger partial charge in [-0.25, -0.2) is 0 Å². The highest BCUT2D eigenvalue weighted by Gasteiger charge is 2.05. The summed E-state index contributed by atoms with van der Waals surface area (Å²) < 4.78 is 6.77. The van der Waals surface area contributed by atoms with Crippen molar-refractivity contribution in [3.05, 3.63) is 82.3 Å². The van der Waals surface area contributed by atoms with Crippen molar-refractivity contribution in [2.75, 3.05) is 0 Å². The summed E-state index contributed by atoms with van der Waals surface area (Å²) in [6, 6.07) is 20.1. The standard InChI is InChI=1S/C20H14BrClO2/c21-18-12-14(9-11-20(22)23)8-10-19(18)24-13-16-6-3-5-15-4-1-2-7-17(15)16/h1-12H,13H2/b11-9+. The largest absolute Gasteiger partial charge is 0.488 e. The van der Waals surface area contributed by atoms with Gasteiger partial charge in [-0.2, -0.15) is 0 Å². The van der Waals surface area contributed by atoms with Crippen molar-refractivity contribution in [1.29, 1.82) is 0 Å². The third kappa shape index (κ3) is 4.05. The van der Waals surface area contributed by atoms with Gasteiger partial charge in [0.05, 0.1) is 4.47 Å². The molecule has 0 radical (unpaired) electrons. The van der Waals surface area contributed by atoms with Crippen molar-refractivity contribution in [1.82, 2.24) is 0 Å². The van der Waals surface area contributed by atoms with Crippen LogP contribution in [0.3, 0.4) is 0 Å². The maximum absolute atomic E-state index is 10.8. The van der Waals surface area contributed by atoms with Crippen LogP contribution in [0.15, 0.2) is 71.2 Å². The molecule has 0 bridgehead atoms. The predicted molar refractivity (Wildman–Crippen MR) is 102 cm³/mol. The van der Waals surface area contributed by atoms with Crippen molar-refractivity contribution >= 4 is 49.6 Å². The van der Waals surface area contributed by atoms with Gasteiger partial charge in [0.25, 0.3) is 0 Å². The van der Waals surface area contributed by atoms with E-state index < -0.39 is 5.24 Å². The number of allylic oxidation sites excluding steroid dienone is 1. The zero-order valence-corrected chi connectivity index (χ0v) is 15.0. The van der Waals surface area contributed by atoms with E-state index in [1.807, 2.05) is 36.4 Å². The Kier molecular flexibility index (Phi) is 5.34. The molecule has 120 valence electrons. The van der Waals surface area contributed by atoms with Gasteiger partial charge in [-0.05, 0) is 67.6 Å². The lowest BCUT2D eigenvalue weighted by atomic mass is 10.1. The molecule has 3 rings (SSSR count). The summed E-state index contributed by atoms with van der Waals surface area (Å²) in [5, 5.41) is 1.89. The number of hydrogen-bond donors (Lipinski definition) is 0. The van der Waals surface area contributed by atoms with E-state index in [-0.39, 0.29) is 0 Å². The Morgan fingerprint density at radius 3 is 2.67 bits per heavy atom. The van der Waals surface area contributed by atoms with Crippen molar-refractivity contribution in [2.45, 2.75) is 6.61 Å². The molecule has 0 heterocycles. The highest BCUT2D eigenvalue weighted by atomic mass is 79.9. The fraction of sp³-hybridized carbons (Fsp3) is 0.0500. The predicted octanol–water partition coefficient (Wildman–Crippen LogP) is 5.96. The third-order valence-electron chi connectivity index (χ3n) is 3.63. The molecular formula is C20H14BrClO2. The smallest absolute Gasteiger partial charge is 0.245 e. The average Bonchev–Trinajstić information content (AvgIpc) is 2.59. The van der Waals surface area contributed by atoms with Crippen LogP contribution in [-0.2, 0) is 11.4 Å². The Balaban J connectivity index is 1.78. The second-order valence-corrected chi connectivity index (χ2v) is 6.48. The first-order valence-electron chi connectivity index (χ1n) is 7.40. The molecule has 0 aromatic heterocycles. The van der Waals surface area contributed by atoms with E-state index in [0.29, 0.717) is 6.61 Å². The molecule has 4 heteroatoms. The van der Waals surface area contributed by atoms with Crippen molar-refractivity contribution in [3.8, 4) is 5.75 Å². The normalized spacial score (nSPS) is 11.1. The first-order valence-corrected chi connectivity index (χ1v) is 8.57. The second kappa shape index (κ2) is 7.65. The molecule has 0 spiro atoms. The molecular weight excluding hydrogens is 388 g/mol. The summed E-state index contributed by atoms with van der Waals surface area (Å²) in [5.41, 5.74) is 2.00. The SMILES string of the molecule is O=C(Cl)/C=C/c1ccc(OCc2cccc3ccccc23)c(Br)c1. The number of carbonyl (C=O) groups is 1. The molecule has 3 aromatic carbocycles. The van der Waals surface area contributed by atoms with Gasteiger partial charge in [-0.15, -0.1) is 0 Å². The van der Waals surface area contributed by atoms with Gasteiger partial charge >= 0.3 is 0 Å². The Labute approximate surface area is 153 Å². The fourth-order valence-corrected chi connectivity index (χ4v) is 3.05. The van der Waals surface area contributed by atoms with Crippen LogP contribution >= 0.6 is 27.5 Å². The Bertz CT molecular complexity index is 913. The molecule has 0 aliphatic rings. The summed E-state index contributed by atoms with van der Waals surface area (Å²) in [4.78, 5) is 10.8. The summed E-state index contributed by atoms with van der Waals surface area (Å²) >= 11 is 8.80. The molecule has 3 aromatic rings. The molecule has 0 saturated carbocycles. The van der Waals surface area contributed by atoms with Gasteiger partial charge in [0.2, 0.25) is 5.24 Å². The Morgan fingerprint density at radius 2 is 1.88 bits per heavy atom. The molecule has 0 aliphatic heterocycles. The highest BCUT2D eigenvalue weighted by molar-refractivity contribution is 9.10.